The van der Waals surface area contributed by atoms with Gasteiger partial charge in [0.25, 0.3) is 0 Å². The molecule has 0 saturated heterocycles. The predicted molar refractivity (Wildman–Crippen MR) is 80.9 cm³/mol. The van der Waals surface area contributed by atoms with Crippen LogP contribution in [0.15, 0.2) is 27.7 Å². The molecule has 0 bridgehead atoms. The molecule has 5 heteroatoms. The van der Waals surface area contributed by atoms with Crippen molar-refractivity contribution in [2.45, 2.75) is 26.3 Å². The summed E-state index contributed by atoms with van der Waals surface area (Å²) in [5.41, 5.74) is 0.728. The van der Waals surface area contributed by atoms with E-state index in [1.165, 1.54) is 12.1 Å². The summed E-state index contributed by atoms with van der Waals surface area (Å²) in [6, 6.07) is 4.98. The van der Waals surface area contributed by atoms with Crippen LogP contribution in [0.1, 0.15) is 20.3 Å². The number of thioether (sulfide) groups is 1. The zero-order chi connectivity index (χ0) is 13.1. The van der Waals surface area contributed by atoms with Gasteiger partial charge >= 0.3 is 0 Å². The van der Waals surface area contributed by atoms with E-state index in [0.29, 0.717) is 12.0 Å². The van der Waals surface area contributed by atoms with Crippen LogP contribution >= 0.6 is 27.7 Å². The molecule has 0 amide bonds. The number of anilines is 1. The Morgan fingerprint density at radius 2 is 2.33 bits per heavy atom. The van der Waals surface area contributed by atoms with Gasteiger partial charge in [-0.25, -0.2) is 4.39 Å². The minimum Gasteiger partial charge on any atom is -0.334 e. The maximum absolute atomic E-state index is 13.2. The minimum atomic E-state index is -0.247. The highest BCUT2D eigenvalue weighted by Gasteiger charge is 2.19. The molecule has 1 heterocycles. The van der Waals surface area contributed by atoms with Crippen LogP contribution in [0.5, 0.6) is 0 Å². The first-order valence-electron chi connectivity index (χ1n) is 5.97. The third kappa shape index (κ3) is 3.72. The zero-order valence-corrected chi connectivity index (χ0v) is 12.8. The van der Waals surface area contributed by atoms with Crippen LogP contribution in [0.2, 0.25) is 0 Å². The fraction of sp³-hybridized carbons (Fsp3) is 0.462. The van der Waals surface area contributed by atoms with E-state index in [1.807, 2.05) is 0 Å². The van der Waals surface area contributed by atoms with Gasteiger partial charge in [-0.05, 0) is 46.5 Å². The monoisotopic (exact) mass is 330 g/mol. The molecule has 1 unspecified atom stereocenters. The van der Waals surface area contributed by atoms with Gasteiger partial charge < -0.3 is 5.32 Å². The summed E-state index contributed by atoms with van der Waals surface area (Å²) in [6.45, 7) is 4.41. The van der Waals surface area contributed by atoms with E-state index in [1.54, 1.807) is 17.8 Å². The Balaban J connectivity index is 2.04. The second-order valence-corrected chi connectivity index (χ2v) is 6.64. The summed E-state index contributed by atoms with van der Waals surface area (Å²) >= 11 is 5.10. The van der Waals surface area contributed by atoms with E-state index < -0.39 is 0 Å². The first-order chi connectivity index (χ1) is 8.54. The van der Waals surface area contributed by atoms with Crippen LogP contribution in [0.4, 0.5) is 10.1 Å². The molecule has 1 aromatic carbocycles. The number of aliphatic imine (C=N–C) groups is 1. The second kappa shape index (κ2) is 6.06. The number of amidine groups is 1. The maximum Gasteiger partial charge on any atom is 0.161 e. The summed E-state index contributed by atoms with van der Waals surface area (Å²) in [7, 11) is 0. The van der Waals surface area contributed by atoms with Gasteiger partial charge in [0, 0.05) is 10.2 Å². The molecule has 2 rings (SSSR count). The van der Waals surface area contributed by atoms with E-state index in [9.17, 15) is 4.39 Å². The Morgan fingerprint density at radius 1 is 1.56 bits per heavy atom. The highest BCUT2D eigenvalue weighted by atomic mass is 79.9. The van der Waals surface area contributed by atoms with Crippen molar-refractivity contribution in [3.63, 3.8) is 0 Å². The van der Waals surface area contributed by atoms with Crippen LogP contribution < -0.4 is 5.32 Å². The van der Waals surface area contributed by atoms with Gasteiger partial charge in [-0.3, -0.25) is 4.99 Å². The molecule has 1 aliphatic heterocycles. The lowest BCUT2D eigenvalue weighted by Gasteiger charge is -2.08. The molecule has 1 aromatic rings. The topological polar surface area (TPSA) is 24.4 Å². The lowest BCUT2D eigenvalue weighted by molar-refractivity contribution is 0.529. The van der Waals surface area contributed by atoms with E-state index in [-0.39, 0.29) is 5.82 Å². The van der Waals surface area contributed by atoms with Crippen molar-refractivity contribution < 1.29 is 4.39 Å². The van der Waals surface area contributed by atoms with Gasteiger partial charge in [-0.1, -0.05) is 25.6 Å². The summed E-state index contributed by atoms with van der Waals surface area (Å²) in [5, 5.41) is 4.06. The Bertz CT molecular complexity index is 462. The first kappa shape index (κ1) is 13.9. The smallest absolute Gasteiger partial charge is 0.161 e. The van der Waals surface area contributed by atoms with Crippen molar-refractivity contribution in [1.29, 1.82) is 0 Å². The molecule has 0 spiro atoms. The number of nitrogens with zero attached hydrogens (tertiary/aromatic N) is 1. The van der Waals surface area contributed by atoms with E-state index in [4.69, 9.17) is 0 Å². The van der Waals surface area contributed by atoms with Gasteiger partial charge in [-0.2, -0.15) is 0 Å². The quantitative estimate of drug-likeness (QED) is 0.881. The third-order valence-electron chi connectivity index (χ3n) is 2.63. The summed E-state index contributed by atoms with van der Waals surface area (Å²) in [5.74, 6) is 1.41. The van der Waals surface area contributed by atoms with Crippen molar-refractivity contribution in [2.75, 3.05) is 11.1 Å². The average molecular weight is 331 g/mol. The lowest BCUT2D eigenvalue weighted by Crippen LogP contribution is -2.08. The summed E-state index contributed by atoms with van der Waals surface area (Å²) in [6.07, 6.45) is 1.10. The molecule has 1 N–H and O–H groups in total. The van der Waals surface area contributed by atoms with Crippen molar-refractivity contribution in [3.8, 4) is 0 Å². The Hall–Kier alpha value is -0.550. The minimum absolute atomic E-state index is 0.247. The van der Waals surface area contributed by atoms with Crippen LogP contribution in [0, 0.1) is 11.7 Å². The molecular formula is C13H16BrFN2S. The molecule has 18 heavy (non-hydrogen) atoms. The number of hydrogen-bond acceptors (Lipinski definition) is 3. The highest BCUT2D eigenvalue weighted by molar-refractivity contribution is 9.10. The number of halogens is 2. The number of hydrogen-bond donors (Lipinski definition) is 1. The molecular weight excluding hydrogens is 315 g/mol. The van der Waals surface area contributed by atoms with E-state index in [0.717, 1.165) is 27.5 Å². The Morgan fingerprint density at radius 3 is 3.06 bits per heavy atom. The summed E-state index contributed by atoms with van der Waals surface area (Å²) in [4.78, 5) is 4.62. The molecule has 0 aliphatic carbocycles. The molecule has 2 nitrogen and oxygen atoms in total. The molecule has 0 saturated carbocycles. The molecule has 1 atom stereocenters. The van der Waals surface area contributed by atoms with Crippen LogP contribution in [-0.4, -0.2) is 17.0 Å². The Kier molecular flexibility index (Phi) is 4.67. The van der Waals surface area contributed by atoms with Gasteiger partial charge in [0.15, 0.2) is 5.17 Å². The normalized spacial score (nSPS) is 19.2. The predicted octanol–water partition coefficient (Wildman–Crippen LogP) is 4.52. The zero-order valence-electron chi connectivity index (χ0n) is 10.4. The molecule has 0 radical (unpaired) electrons. The largest absolute Gasteiger partial charge is 0.334 e. The molecule has 1 aliphatic rings. The fourth-order valence-electron chi connectivity index (χ4n) is 1.86. The molecule has 0 aromatic heterocycles. The van der Waals surface area contributed by atoms with E-state index in [2.05, 4.69) is 40.1 Å². The Labute approximate surface area is 120 Å². The van der Waals surface area contributed by atoms with Crippen molar-refractivity contribution in [1.82, 2.24) is 0 Å². The third-order valence-corrected chi connectivity index (χ3v) is 4.35. The average Bonchev–Trinajstić information content (AvgIpc) is 2.70. The fourth-order valence-corrected chi connectivity index (χ4v) is 3.17. The molecule has 98 valence electrons. The van der Waals surface area contributed by atoms with Crippen LogP contribution in [0.25, 0.3) is 0 Å². The highest BCUT2D eigenvalue weighted by Crippen LogP contribution is 2.28. The van der Waals surface area contributed by atoms with Crippen molar-refractivity contribution >= 4 is 38.5 Å². The SMILES string of the molecule is CC(C)CC1CSC(Nc2cc(F)ccc2Br)=N1. The van der Waals surface area contributed by atoms with Gasteiger partial charge in [-0.15, -0.1) is 0 Å². The molecule has 0 fully saturated rings. The number of benzene rings is 1. The van der Waals surface area contributed by atoms with Crippen molar-refractivity contribution in [2.24, 2.45) is 10.9 Å². The second-order valence-electron chi connectivity index (χ2n) is 4.78. The number of rotatable bonds is 3. The van der Waals surface area contributed by atoms with E-state index >= 15 is 0 Å². The van der Waals surface area contributed by atoms with Crippen molar-refractivity contribution in [3.05, 3.63) is 28.5 Å². The summed E-state index contributed by atoms with van der Waals surface area (Å²) < 4.78 is 14.0. The van der Waals surface area contributed by atoms with Crippen LogP contribution in [-0.2, 0) is 0 Å². The van der Waals surface area contributed by atoms with Gasteiger partial charge in [0.05, 0.1) is 11.7 Å². The lowest BCUT2D eigenvalue weighted by atomic mass is 10.1. The van der Waals surface area contributed by atoms with Crippen LogP contribution in [0.3, 0.4) is 0 Å². The first-order valence-corrected chi connectivity index (χ1v) is 7.75. The standard InChI is InChI=1S/C13H16BrFN2S/c1-8(2)5-10-7-18-13(16-10)17-12-6-9(15)3-4-11(12)14/h3-4,6,8,10H,5,7H2,1-2H3,(H,16,17). The van der Waals surface area contributed by atoms with Gasteiger partial charge in [0.1, 0.15) is 5.82 Å². The van der Waals surface area contributed by atoms with Gasteiger partial charge in [0.2, 0.25) is 0 Å². The maximum atomic E-state index is 13.2. The number of nitrogens with one attached hydrogen (secondary N) is 1.